The third-order valence-corrected chi connectivity index (χ3v) is 3.45. The molecule has 2 atom stereocenters. The number of fused-ring (bicyclic) bond motifs is 1. The zero-order valence-electron chi connectivity index (χ0n) is 7.68. The summed E-state index contributed by atoms with van der Waals surface area (Å²) in [6.45, 7) is 3.25. The second-order valence-corrected chi connectivity index (χ2v) is 4.28. The van der Waals surface area contributed by atoms with Gasteiger partial charge in [0.25, 0.3) is 0 Å². The Balaban J connectivity index is 2.15. The van der Waals surface area contributed by atoms with Gasteiger partial charge in [-0.15, -0.1) is 0 Å². The van der Waals surface area contributed by atoms with Crippen molar-refractivity contribution in [2.75, 3.05) is 26.7 Å². The lowest BCUT2D eigenvalue weighted by Gasteiger charge is -2.33. The van der Waals surface area contributed by atoms with Crippen molar-refractivity contribution in [3.05, 3.63) is 0 Å². The highest BCUT2D eigenvalue weighted by Crippen LogP contribution is 2.27. The fraction of sp³-hybridized carbons (Fsp3) is 0.889. The smallest absolute Gasteiger partial charge is 0.226 e. The minimum Gasteiger partial charge on any atom is -0.350 e. The molecule has 2 aliphatic rings. The molecule has 12 heavy (non-hydrogen) atoms. The first-order valence-electron chi connectivity index (χ1n) is 4.82. The summed E-state index contributed by atoms with van der Waals surface area (Å²) < 4.78 is 1.12. The van der Waals surface area contributed by atoms with E-state index in [0.717, 1.165) is 24.0 Å². The summed E-state index contributed by atoms with van der Waals surface area (Å²) in [6, 6.07) is 0.604. The first-order chi connectivity index (χ1) is 5.71. The van der Waals surface area contributed by atoms with Crippen LogP contribution in [0, 0.1) is 0 Å². The molecule has 0 spiro atoms. The van der Waals surface area contributed by atoms with E-state index in [1.54, 1.807) is 0 Å². The van der Waals surface area contributed by atoms with Crippen LogP contribution in [-0.4, -0.2) is 43.1 Å². The maximum Gasteiger partial charge on any atom is 0.226 e. The van der Waals surface area contributed by atoms with Crippen molar-refractivity contribution in [2.45, 2.75) is 25.3 Å². The summed E-state index contributed by atoms with van der Waals surface area (Å²) >= 11 is 0. The third kappa shape index (κ3) is 1.22. The van der Waals surface area contributed by atoms with Crippen LogP contribution in [0.15, 0.2) is 0 Å². The van der Waals surface area contributed by atoms with Crippen LogP contribution in [0.25, 0.3) is 0 Å². The molecule has 0 aromatic rings. The van der Waals surface area contributed by atoms with Gasteiger partial charge in [-0.3, -0.25) is 4.79 Å². The Morgan fingerprint density at radius 1 is 1.50 bits per heavy atom. The molecule has 3 nitrogen and oxygen atoms in total. The maximum atomic E-state index is 11.2. The number of carbonyl (C=O) groups excluding carboxylic acids is 1. The third-order valence-electron chi connectivity index (χ3n) is 3.45. The summed E-state index contributed by atoms with van der Waals surface area (Å²) in [6.07, 6.45) is 3.29. The lowest BCUT2D eigenvalue weighted by atomic mass is 10.1. The van der Waals surface area contributed by atoms with Crippen molar-refractivity contribution in [3.8, 4) is 0 Å². The van der Waals surface area contributed by atoms with E-state index in [1.807, 2.05) is 0 Å². The molecule has 2 rings (SSSR count). The van der Waals surface area contributed by atoms with Gasteiger partial charge in [0.05, 0.1) is 39.1 Å². The van der Waals surface area contributed by atoms with E-state index in [-0.39, 0.29) is 5.91 Å². The summed E-state index contributed by atoms with van der Waals surface area (Å²) in [4.78, 5) is 11.2. The number of hydrogen-bond donors (Lipinski definition) is 1. The van der Waals surface area contributed by atoms with Crippen LogP contribution in [0.4, 0.5) is 0 Å². The zero-order chi connectivity index (χ0) is 8.60. The summed E-state index contributed by atoms with van der Waals surface area (Å²) in [5.41, 5.74) is 0. The number of nitrogens with zero attached hydrogens (tertiary/aromatic N) is 1. The van der Waals surface area contributed by atoms with Crippen LogP contribution in [0.5, 0.6) is 0 Å². The van der Waals surface area contributed by atoms with Gasteiger partial charge in [0, 0.05) is 12.8 Å². The molecular weight excluding hydrogens is 152 g/mol. The molecule has 0 aliphatic carbocycles. The first kappa shape index (κ1) is 8.05. The molecule has 3 heteroatoms. The second kappa shape index (κ2) is 2.73. The number of likely N-dealkylation sites (N-methyl/N-ethyl adjacent to an activating group) is 1. The van der Waals surface area contributed by atoms with Crippen LogP contribution in [-0.2, 0) is 4.79 Å². The van der Waals surface area contributed by atoms with Crippen molar-refractivity contribution in [1.29, 1.82) is 0 Å². The van der Waals surface area contributed by atoms with Crippen LogP contribution in [0.3, 0.4) is 0 Å². The lowest BCUT2D eigenvalue weighted by Crippen LogP contribution is -2.48. The molecule has 1 amide bonds. The van der Waals surface area contributed by atoms with Crippen molar-refractivity contribution < 1.29 is 9.28 Å². The molecule has 68 valence electrons. The van der Waals surface area contributed by atoms with E-state index in [1.165, 1.54) is 19.4 Å². The number of amides is 1. The Morgan fingerprint density at radius 3 is 3.17 bits per heavy atom. The number of quaternary nitrogens is 1. The van der Waals surface area contributed by atoms with Gasteiger partial charge in [-0.05, 0) is 0 Å². The lowest BCUT2D eigenvalue weighted by molar-refractivity contribution is -0.918. The molecule has 2 aliphatic heterocycles. The molecule has 2 heterocycles. The van der Waals surface area contributed by atoms with Gasteiger partial charge in [0.2, 0.25) is 5.91 Å². The van der Waals surface area contributed by atoms with Crippen molar-refractivity contribution in [3.63, 3.8) is 0 Å². The van der Waals surface area contributed by atoms with E-state index < -0.39 is 0 Å². The monoisotopic (exact) mass is 169 g/mol. The average Bonchev–Trinajstić information content (AvgIpc) is 2.27. The Kier molecular flexibility index (Phi) is 1.83. The standard InChI is InChI=1S/C9H16N2O/c1-11-5-2-3-8(11)7-9(12)10-4-6-11/h8H,2-7H2,1H3/p+1/t8-,11?/m1/s1. The Hall–Kier alpha value is -0.570. The van der Waals surface area contributed by atoms with E-state index in [0.29, 0.717) is 6.04 Å². The quantitative estimate of drug-likeness (QED) is 0.513. The molecule has 0 radical (unpaired) electrons. The van der Waals surface area contributed by atoms with Crippen LogP contribution in [0.2, 0.25) is 0 Å². The van der Waals surface area contributed by atoms with Gasteiger partial charge < -0.3 is 9.80 Å². The number of hydrogen-bond acceptors (Lipinski definition) is 1. The van der Waals surface area contributed by atoms with Gasteiger partial charge >= 0.3 is 0 Å². The van der Waals surface area contributed by atoms with Crippen molar-refractivity contribution >= 4 is 5.91 Å². The SMILES string of the molecule is C[N+]12CCC[C@@H]1CC(=O)NCC2. The first-order valence-corrected chi connectivity index (χ1v) is 4.82. The van der Waals surface area contributed by atoms with Crippen LogP contribution < -0.4 is 5.32 Å². The van der Waals surface area contributed by atoms with E-state index in [4.69, 9.17) is 0 Å². The molecule has 0 bridgehead atoms. The zero-order valence-corrected chi connectivity index (χ0v) is 7.68. The van der Waals surface area contributed by atoms with E-state index >= 15 is 0 Å². The number of rotatable bonds is 0. The van der Waals surface area contributed by atoms with Gasteiger partial charge in [-0.25, -0.2) is 0 Å². The molecule has 2 fully saturated rings. The predicted molar refractivity (Wildman–Crippen MR) is 46.6 cm³/mol. The van der Waals surface area contributed by atoms with E-state index in [2.05, 4.69) is 12.4 Å². The molecule has 2 saturated heterocycles. The normalized spacial score (nSPS) is 41.8. The minimum absolute atomic E-state index is 0.253. The van der Waals surface area contributed by atoms with Gasteiger partial charge in [-0.2, -0.15) is 0 Å². The summed E-state index contributed by atoms with van der Waals surface area (Å²) in [5.74, 6) is 0.253. The highest BCUT2D eigenvalue weighted by Gasteiger charge is 2.40. The molecule has 1 N–H and O–H groups in total. The number of carbonyl (C=O) groups is 1. The minimum atomic E-state index is 0.253. The second-order valence-electron chi connectivity index (χ2n) is 4.28. The Labute approximate surface area is 73.3 Å². The van der Waals surface area contributed by atoms with Crippen molar-refractivity contribution in [2.24, 2.45) is 0 Å². The molecule has 0 aromatic carbocycles. The molecular formula is C9H17N2O+. The molecule has 0 saturated carbocycles. The highest BCUT2D eigenvalue weighted by molar-refractivity contribution is 5.76. The van der Waals surface area contributed by atoms with E-state index in [9.17, 15) is 4.79 Å². The van der Waals surface area contributed by atoms with Gasteiger partial charge in [0.15, 0.2) is 0 Å². The van der Waals surface area contributed by atoms with Crippen LogP contribution >= 0.6 is 0 Å². The van der Waals surface area contributed by atoms with Gasteiger partial charge in [-0.1, -0.05) is 0 Å². The topological polar surface area (TPSA) is 29.1 Å². The number of nitrogens with one attached hydrogen (secondary N) is 1. The fourth-order valence-corrected chi connectivity index (χ4v) is 2.54. The highest BCUT2D eigenvalue weighted by atomic mass is 16.1. The fourth-order valence-electron chi connectivity index (χ4n) is 2.54. The van der Waals surface area contributed by atoms with Crippen LogP contribution in [0.1, 0.15) is 19.3 Å². The predicted octanol–water partition coefficient (Wildman–Crippen LogP) is 0.115. The molecule has 0 aromatic heterocycles. The summed E-state index contributed by atoms with van der Waals surface area (Å²) in [5, 5.41) is 2.94. The largest absolute Gasteiger partial charge is 0.350 e. The maximum absolute atomic E-state index is 11.2. The molecule has 1 unspecified atom stereocenters. The Morgan fingerprint density at radius 2 is 2.33 bits per heavy atom. The summed E-state index contributed by atoms with van der Waals surface area (Å²) in [7, 11) is 2.29. The Bertz CT molecular complexity index is 205. The van der Waals surface area contributed by atoms with Gasteiger partial charge in [0.1, 0.15) is 0 Å². The average molecular weight is 169 g/mol. The van der Waals surface area contributed by atoms with Crippen molar-refractivity contribution in [1.82, 2.24) is 5.32 Å².